The van der Waals surface area contributed by atoms with Gasteiger partial charge in [0.15, 0.2) is 0 Å². The average molecular weight is 390 g/mol. The summed E-state index contributed by atoms with van der Waals surface area (Å²) in [5.74, 6) is 0.677. The van der Waals surface area contributed by atoms with E-state index >= 15 is 0 Å². The molecule has 3 heterocycles. The minimum absolute atomic E-state index is 0.449. The van der Waals surface area contributed by atoms with Crippen molar-refractivity contribution in [3.63, 3.8) is 0 Å². The number of imidazole rings is 1. The highest BCUT2D eigenvalue weighted by Gasteiger charge is 2.36. The van der Waals surface area contributed by atoms with Crippen LogP contribution in [0.3, 0.4) is 0 Å². The molecule has 0 spiro atoms. The Labute approximate surface area is 176 Å². The first-order valence-corrected chi connectivity index (χ1v) is 11.3. The van der Waals surface area contributed by atoms with Crippen LogP contribution in [0, 0.1) is 5.92 Å². The zero-order chi connectivity index (χ0) is 20.6. The highest BCUT2D eigenvalue weighted by Crippen LogP contribution is 2.45. The number of nitrogens with zero attached hydrogens (tertiary/aromatic N) is 3. The van der Waals surface area contributed by atoms with E-state index in [1.54, 1.807) is 0 Å². The van der Waals surface area contributed by atoms with Gasteiger partial charge in [0.05, 0.1) is 24.3 Å². The largest absolute Gasteiger partial charge is 0.372 e. The van der Waals surface area contributed by atoms with Crippen LogP contribution >= 0.6 is 0 Å². The lowest BCUT2D eigenvalue weighted by molar-refractivity contribution is 0.314. The lowest BCUT2D eigenvalue weighted by Crippen LogP contribution is -2.36. The van der Waals surface area contributed by atoms with Crippen molar-refractivity contribution in [3.05, 3.63) is 78.4 Å². The number of anilines is 1. The number of hydrogen-bond donors (Lipinski definition) is 0. The van der Waals surface area contributed by atoms with Gasteiger partial charge < -0.3 is 9.47 Å². The van der Waals surface area contributed by atoms with Crippen molar-refractivity contribution in [2.75, 3.05) is 18.0 Å². The smallest absolute Gasteiger partial charge is 0.0956 e. The van der Waals surface area contributed by atoms with E-state index in [1.807, 2.05) is 40.2 Å². The van der Waals surface area contributed by atoms with Crippen molar-refractivity contribution in [3.8, 4) is 0 Å². The molecule has 0 saturated carbocycles. The molecule has 1 atom stereocenters. The van der Waals surface area contributed by atoms with E-state index < -0.39 is 0 Å². The molecule has 2 aliphatic heterocycles. The predicted octanol–water partition coefficient (Wildman–Crippen LogP) is 6.68. The van der Waals surface area contributed by atoms with Gasteiger partial charge in [-0.15, -0.1) is 0 Å². The monoisotopic (exact) mass is 389 g/mol. The molecule has 1 unspecified atom stereocenters. The topological polar surface area (TPSA) is 21.1 Å². The molecule has 3 heteroatoms. The van der Waals surface area contributed by atoms with Crippen LogP contribution < -0.4 is 4.90 Å². The average Bonchev–Trinajstić information content (AvgIpc) is 3.30. The first kappa shape index (κ1) is 21.2. The maximum Gasteiger partial charge on any atom is 0.0956 e. The Morgan fingerprint density at radius 2 is 1.59 bits per heavy atom. The molecule has 3 nitrogen and oxygen atoms in total. The number of para-hydroxylation sites is 1. The highest BCUT2D eigenvalue weighted by molar-refractivity contribution is 5.80. The summed E-state index contributed by atoms with van der Waals surface area (Å²) in [6.45, 7) is 10.3. The van der Waals surface area contributed by atoms with Gasteiger partial charge in [0.1, 0.15) is 0 Å². The third-order valence-corrected chi connectivity index (χ3v) is 5.83. The van der Waals surface area contributed by atoms with Crippen molar-refractivity contribution < 1.29 is 0 Å². The number of fused-ring (bicyclic) bond motifs is 2. The van der Waals surface area contributed by atoms with Crippen LogP contribution in [-0.4, -0.2) is 22.6 Å². The fourth-order valence-corrected chi connectivity index (χ4v) is 4.61. The van der Waals surface area contributed by atoms with Crippen molar-refractivity contribution in [2.45, 2.75) is 53.0 Å². The van der Waals surface area contributed by atoms with Crippen LogP contribution in [0.5, 0.6) is 0 Å². The Bertz CT molecular complexity index is 849. The number of hydrogen-bond acceptors (Lipinski definition) is 2. The number of benzene rings is 1. The highest BCUT2D eigenvalue weighted by atomic mass is 15.1. The number of aromatic nitrogens is 2. The summed E-state index contributed by atoms with van der Waals surface area (Å²) in [5.41, 5.74) is 5.51. The SMILES string of the molecule is C1=CC2=C(C=CC1)C(C1CCN(c3ccccc3)CC1)n1cncc12.CC.CC. The third-order valence-electron chi connectivity index (χ3n) is 5.83. The zero-order valence-electron chi connectivity index (χ0n) is 18.4. The fourth-order valence-electron chi connectivity index (χ4n) is 4.61. The molecule has 29 heavy (non-hydrogen) atoms. The molecule has 1 aliphatic carbocycles. The van der Waals surface area contributed by atoms with Crippen LogP contribution in [0.4, 0.5) is 5.69 Å². The number of piperidine rings is 1. The summed E-state index contributed by atoms with van der Waals surface area (Å²) in [6, 6.07) is 11.3. The molecule has 0 radical (unpaired) electrons. The third kappa shape index (κ3) is 4.24. The molecule has 0 bridgehead atoms. The van der Waals surface area contributed by atoms with E-state index in [-0.39, 0.29) is 0 Å². The Morgan fingerprint density at radius 1 is 0.897 bits per heavy atom. The van der Waals surface area contributed by atoms with Gasteiger partial charge in [-0.2, -0.15) is 0 Å². The molecular weight excluding hydrogens is 354 g/mol. The van der Waals surface area contributed by atoms with Gasteiger partial charge >= 0.3 is 0 Å². The van der Waals surface area contributed by atoms with Crippen molar-refractivity contribution >= 4 is 11.3 Å². The Kier molecular flexibility index (Phi) is 7.51. The summed E-state index contributed by atoms with van der Waals surface area (Å²) >= 11 is 0. The van der Waals surface area contributed by atoms with Gasteiger partial charge in [-0.25, -0.2) is 4.98 Å². The minimum atomic E-state index is 0.449. The first-order valence-electron chi connectivity index (χ1n) is 11.3. The maximum absolute atomic E-state index is 4.43. The minimum Gasteiger partial charge on any atom is -0.372 e. The summed E-state index contributed by atoms with van der Waals surface area (Å²) in [6.07, 6.45) is 16.7. The van der Waals surface area contributed by atoms with Gasteiger partial charge in [-0.3, -0.25) is 0 Å². The van der Waals surface area contributed by atoms with Gasteiger partial charge in [0.25, 0.3) is 0 Å². The van der Waals surface area contributed by atoms with E-state index in [4.69, 9.17) is 0 Å². The van der Waals surface area contributed by atoms with E-state index in [9.17, 15) is 0 Å². The standard InChI is InChI=1S/C22H23N3.2C2H6/c1-3-7-18(8-4-1)24-13-11-17(12-14-24)22-20-10-6-2-5-9-19(20)21-15-23-16-25(21)22;2*1-2/h1,3-10,15-17,22H,2,11-14H2;2*1-2H3. The van der Waals surface area contributed by atoms with Crippen LogP contribution in [0.15, 0.2) is 72.7 Å². The lowest BCUT2D eigenvalue weighted by atomic mass is 9.84. The summed E-state index contributed by atoms with van der Waals surface area (Å²) in [7, 11) is 0. The Balaban J connectivity index is 0.000000568. The predicted molar refractivity (Wildman–Crippen MR) is 125 cm³/mol. The molecule has 1 aromatic carbocycles. The van der Waals surface area contributed by atoms with E-state index in [2.05, 4.69) is 69.1 Å². The molecule has 5 rings (SSSR count). The van der Waals surface area contributed by atoms with Crippen molar-refractivity contribution in [2.24, 2.45) is 5.92 Å². The summed E-state index contributed by atoms with van der Waals surface area (Å²) in [4.78, 5) is 6.96. The fraction of sp³-hybridized carbons (Fsp3) is 0.423. The molecule has 2 aromatic rings. The van der Waals surface area contributed by atoms with Crippen molar-refractivity contribution in [1.82, 2.24) is 9.55 Å². The van der Waals surface area contributed by atoms with Crippen LogP contribution in [0.25, 0.3) is 5.57 Å². The van der Waals surface area contributed by atoms with Gasteiger partial charge in [0.2, 0.25) is 0 Å². The summed E-state index contributed by atoms with van der Waals surface area (Å²) in [5, 5.41) is 0. The van der Waals surface area contributed by atoms with Gasteiger partial charge in [-0.1, -0.05) is 70.2 Å². The Hall–Kier alpha value is -2.55. The molecule has 3 aliphatic rings. The molecule has 0 amide bonds. The Morgan fingerprint density at radius 3 is 2.31 bits per heavy atom. The first-order chi connectivity index (χ1) is 14.4. The number of rotatable bonds is 2. The molecular formula is C26H35N3. The van der Waals surface area contributed by atoms with E-state index in [1.165, 1.54) is 35.4 Å². The van der Waals surface area contributed by atoms with E-state index in [0.717, 1.165) is 19.5 Å². The molecule has 1 fully saturated rings. The lowest BCUT2D eigenvalue weighted by Gasteiger charge is -2.37. The van der Waals surface area contributed by atoms with Gasteiger partial charge in [-0.05, 0) is 42.9 Å². The van der Waals surface area contributed by atoms with Crippen LogP contribution in [0.2, 0.25) is 0 Å². The second-order valence-electron chi connectivity index (χ2n) is 7.20. The molecule has 0 N–H and O–H groups in total. The molecule has 1 aromatic heterocycles. The quantitative estimate of drug-likeness (QED) is 0.571. The summed E-state index contributed by atoms with van der Waals surface area (Å²) < 4.78 is 2.41. The second-order valence-corrected chi connectivity index (χ2v) is 7.20. The van der Waals surface area contributed by atoms with Crippen LogP contribution in [-0.2, 0) is 0 Å². The van der Waals surface area contributed by atoms with Crippen LogP contribution in [0.1, 0.15) is 58.7 Å². The maximum atomic E-state index is 4.43. The zero-order valence-corrected chi connectivity index (χ0v) is 18.4. The normalized spacial score (nSPS) is 20.1. The van der Waals surface area contributed by atoms with Crippen molar-refractivity contribution in [1.29, 1.82) is 0 Å². The second kappa shape index (κ2) is 10.3. The van der Waals surface area contributed by atoms with E-state index in [0.29, 0.717) is 12.0 Å². The van der Waals surface area contributed by atoms with Gasteiger partial charge in [0, 0.05) is 24.4 Å². The molecule has 1 saturated heterocycles. The number of allylic oxidation sites excluding steroid dienone is 6. The molecule has 154 valence electrons.